The molecule has 1 aromatic carbocycles. The molecule has 0 aliphatic rings. The molecule has 2 aromatic rings. The second kappa shape index (κ2) is 4.57. The minimum absolute atomic E-state index is 0.530. The van der Waals surface area contributed by atoms with Gasteiger partial charge in [-0.1, -0.05) is 18.2 Å². The smallest absolute Gasteiger partial charge is 0.239 e. The van der Waals surface area contributed by atoms with E-state index in [4.69, 9.17) is 0 Å². The van der Waals surface area contributed by atoms with Crippen LogP contribution in [0.3, 0.4) is 0 Å². The van der Waals surface area contributed by atoms with E-state index in [9.17, 15) is 0 Å². The molecule has 0 amide bonds. The van der Waals surface area contributed by atoms with E-state index >= 15 is 0 Å². The first-order valence-electron chi connectivity index (χ1n) is 4.98. The molecule has 0 saturated carbocycles. The van der Waals surface area contributed by atoms with Crippen molar-refractivity contribution >= 4 is 12.2 Å². The molecule has 5 nitrogen and oxygen atoms in total. The Kier molecular flexibility index (Phi) is 2.95. The molecular formula is C11H13N5. The molecule has 0 atom stereocenters. The first-order valence-corrected chi connectivity index (χ1v) is 4.98. The molecule has 0 aliphatic heterocycles. The number of aromatic amines is 1. The zero-order chi connectivity index (χ0) is 11.4. The van der Waals surface area contributed by atoms with E-state index in [2.05, 4.69) is 51.7 Å². The van der Waals surface area contributed by atoms with Crippen molar-refractivity contribution in [3.63, 3.8) is 0 Å². The van der Waals surface area contributed by atoms with Crippen LogP contribution >= 0.6 is 0 Å². The largest absolute Gasteiger partial charge is 0.246 e. The second-order valence-corrected chi connectivity index (χ2v) is 3.51. The summed E-state index contributed by atoms with van der Waals surface area (Å²) >= 11 is 0. The Balaban J connectivity index is 2.12. The number of hydrazone groups is 1. The third kappa shape index (κ3) is 2.25. The summed E-state index contributed by atoms with van der Waals surface area (Å²) in [6, 6.07) is 6.15. The molecule has 0 spiro atoms. The monoisotopic (exact) mass is 215 g/mol. The third-order valence-electron chi connectivity index (χ3n) is 2.32. The second-order valence-electron chi connectivity index (χ2n) is 3.51. The van der Waals surface area contributed by atoms with Crippen LogP contribution in [0.1, 0.15) is 16.7 Å². The predicted molar refractivity (Wildman–Crippen MR) is 63.5 cm³/mol. The number of anilines is 1. The SMILES string of the molecule is Cc1cccc(C)c1C=NNc1ncn[nH]1. The van der Waals surface area contributed by atoms with Gasteiger partial charge >= 0.3 is 0 Å². The maximum Gasteiger partial charge on any atom is 0.239 e. The first kappa shape index (κ1) is 10.4. The Morgan fingerprint density at radius 1 is 1.31 bits per heavy atom. The zero-order valence-corrected chi connectivity index (χ0v) is 9.23. The minimum Gasteiger partial charge on any atom is -0.246 e. The number of aryl methyl sites for hydroxylation is 2. The van der Waals surface area contributed by atoms with Crippen molar-refractivity contribution in [2.75, 3.05) is 5.43 Å². The van der Waals surface area contributed by atoms with Crippen molar-refractivity contribution in [1.29, 1.82) is 0 Å². The summed E-state index contributed by atoms with van der Waals surface area (Å²) in [6.07, 6.45) is 3.21. The molecule has 2 N–H and O–H groups in total. The number of H-pyrrole nitrogens is 1. The van der Waals surface area contributed by atoms with Crippen molar-refractivity contribution in [2.45, 2.75) is 13.8 Å². The van der Waals surface area contributed by atoms with Crippen LogP contribution in [-0.4, -0.2) is 21.4 Å². The van der Waals surface area contributed by atoms with Crippen molar-refractivity contribution in [2.24, 2.45) is 5.10 Å². The van der Waals surface area contributed by atoms with Gasteiger partial charge < -0.3 is 0 Å². The summed E-state index contributed by atoms with van der Waals surface area (Å²) in [4.78, 5) is 3.90. The minimum atomic E-state index is 0.530. The summed E-state index contributed by atoms with van der Waals surface area (Å²) in [5.74, 6) is 0.530. The molecule has 0 radical (unpaired) electrons. The van der Waals surface area contributed by atoms with Gasteiger partial charge in [-0.2, -0.15) is 15.2 Å². The van der Waals surface area contributed by atoms with Crippen LogP contribution in [0.15, 0.2) is 29.6 Å². The summed E-state index contributed by atoms with van der Waals surface area (Å²) in [5.41, 5.74) is 6.28. The lowest BCUT2D eigenvalue weighted by atomic mass is 10.0. The summed E-state index contributed by atoms with van der Waals surface area (Å²) < 4.78 is 0. The molecule has 0 aliphatic carbocycles. The zero-order valence-electron chi connectivity index (χ0n) is 9.23. The van der Waals surface area contributed by atoms with Crippen LogP contribution in [0.5, 0.6) is 0 Å². The summed E-state index contributed by atoms with van der Waals surface area (Å²) in [5, 5.41) is 10.5. The molecular weight excluding hydrogens is 202 g/mol. The van der Waals surface area contributed by atoms with Crippen molar-refractivity contribution in [3.05, 3.63) is 41.2 Å². The maximum absolute atomic E-state index is 4.10. The summed E-state index contributed by atoms with van der Waals surface area (Å²) in [7, 11) is 0. The third-order valence-corrected chi connectivity index (χ3v) is 2.32. The van der Waals surface area contributed by atoms with E-state index in [1.807, 2.05) is 6.07 Å². The van der Waals surface area contributed by atoms with Crippen LogP contribution in [0.4, 0.5) is 5.95 Å². The van der Waals surface area contributed by atoms with Crippen LogP contribution in [0.25, 0.3) is 0 Å². The van der Waals surface area contributed by atoms with Crippen molar-refractivity contribution in [1.82, 2.24) is 15.2 Å². The van der Waals surface area contributed by atoms with Gasteiger partial charge in [-0.15, -0.1) is 0 Å². The average molecular weight is 215 g/mol. The van der Waals surface area contributed by atoms with Crippen LogP contribution in [-0.2, 0) is 0 Å². The van der Waals surface area contributed by atoms with Gasteiger partial charge in [0.1, 0.15) is 6.33 Å². The Labute approximate surface area is 93.6 Å². The number of hydrogen-bond donors (Lipinski definition) is 2. The topological polar surface area (TPSA) is 66.0 Å². The molecule has 0 unspecified atom stereocenters. The normalized spacial score (nSPS) is 10.9. The molecule has 0 fully saturated rings. The quantitative estimate of drug-likeness (QED) is 0.606. The van der Waals surface area contributed by atoms with E-state index in [0.717, 1.165) is 5.56 Å². The molecule has 16 heavy (non-hydrogen) atoms. The lowest BCUT2D eigenvalue weighted by Gasteiger charge is -2.03. The number of aromatic nitrogens is 3. The highest BCUT2D eigenvalue weighted by Crippen LogP contribution is 2.10. The van der Waals surface area contributed by atoms with Gasteiger partial charge in [-0.25, -0.2) is 10.5 Å². The molecule has 1 aromatic heterocycles. The highest BCUT2D eigenvalue weighted by atomic mass is 15.4. The number of rotatable bonds is 3. The van der Waals surface area contributed by atoms with Crippen molar-refractivity contribution in [3.8, 4) is 0 Å². The molecule has 82 valence electrons. The van der Waals surface area contributed by atoms with Gasteiger partial charge in [-0.05, 0) is 25.0 Å². The van der Waals surface area contributed by atoms with Gasteiger partial charge in [0.05, 0.1) is 6.21 Å². The van der Waals surface area contributed by atoms with Gasteiger partial charge in [0, 0.05) is 5.56 Å². The Morgan fingerprint density at radius 2 is 2.06 bits per heavy atom. The van der Waals surface area contributed by atoms with E-state index in [-0.39, 0.29) is 0 Å². The molecule has 2 rings (SSSR count). The van der Waals surface area contributed by atoms with Crippen LogP contribution in [0.2, 0.25) is 0 Å². The first-order chi connectivity index (χ1) is 7.77. The van der Waals surface area contributed by atoms with E-state index in [0.29, 0.717) is 5.95 Å². The van der Waals surface area contributed by atoms with E-state index < -0.39 is 0 Å². The van der Waals surface area contributed by atoms with Crippen molar-refractivity contribution < 1.29 is 0 Å². The lowest BCUT2D eigenvalue weighted by molar-refractivity contribution is 1.08. The van der Waals surface area contributed by atoms with Crippen LogP contribution < -0.4 is 5.43 Å². The average Bonchev–Trinajstić information content (AvgIpc) is 2.75. The number of hydrogen-bond acceptors (Lipinski definition) is 4. The Bertz CT molecular complexity index is 467. The highest BCUT2D eigenvalue weighted by molar-refractivity contribution is 5.84. The fraction of sp³-hybridized carbons (Fsp3) is 0.182. The lowest BCUT2D eigenvalue weighted by Crippen LogP contribution is -1.96. The predicted octanol–water partition coefficient (Wildman–Crippen LogP) is 1.87. The number of nitrogens with one attached hydrogen (secondary N) is 2. The van der Waals surface area contributed by atoms with Gasteiger partial charge in [0.25, 0.3) is 0 Å². The molecule has 0 saturated heterocycles. The fourth-order valence-electron chi connectivity index (χ4n) is 1.45. The van der Waals surface area contributed by atoms with Gasteiger partial charge in [0.15, 0.2) is 0 Å². The summed E-state index contributed by atoms with van der Waals surface area (Å²) in [6.45, 7) is 4.12. The van der Waals surface area contributed by atoms with Gasteiger partial charge in [0.2, 0.25) is 5.95 Å². The highest BCUT2D eigenvalue weighted by Gasteiger charge is 1.98. The van der Waals surface area contributed by atoms with Crippen LogP contribution in [0, 0.1) is 13.8 Å². The Morgan fingerprint density at radius 3 is 2.69 bits per heavy atom. The molecule has 5 heteroatoms. The van der Waals surface area contributed by atoms with Gasteiger partial charge in [-0.3, -0.25) is 0 Å². The van der Waals surface area contributed by atoms with E-state index in [1.165, 1.54) is 17.5 Å². The maximum atomic E-state index is 4.10. The molecule has 1 heterocycles. The standard InChI is InChI=1S/C11H13N5/c1-8-4-3-5-9(2)10(8)6-13-15-11-12-7-14-16-11/h3-7H,1-2H3,(H2,12,14,15,16). The number of nitrogens with zero attached hydrogens (tertiary/aromatic N) is 3. The number of benzene rings is 1. The fourth-order valence-corrected chi connectivity index (χ4v) is 1.45. The molecule has 0 bridgehead atoms. The Hall–Kier alpha value is -2.17. The van der Waals surface area contributed by atoms with E-state index in [1.54, 1.807) is 6.21 Å².